The van der Waals surface area contributed by atoms with Gasteiger partial charge < -0.3 is 19.7 Å². The Morgan fingerprint density at radius 3 is 2.63 bits per heavy atom. The summed E-state index contributed by atoms with van der Waals surface area (Å²) in [5.41, 5.74) is 4.50. The molecule has 2 aliphatic heterocycles. The topological polar surface area (TPSA) is 94.6 Å². The van der Waals surface area contributed by atoms with E-state index in [2.05, 4.69) is 32.0 Å². The number of nitrogens with one attached hydrogen (secondary N) is 1. The number of rotatable bonds is 5. The van der Waals surface area contributed by atoms with Gasteiger partial charge in [0.2, 0.25) is 0 Å². The summed E-state index contributed by atoms with van der Waals surface area (Å²) in [5.74, 6) is 0.643. The summed E-state index contributed by atoms with van der Waals surface area (Å²) in [6, 6.07) is 13.2. The van der Waals surface area contributed by atoms with Crippen LogP contribution in [-0.4, -0.2) is 69.1 Å². The fourth-order valence-electron chi connectivity index (χ4n) is 5.80. The average Bonchev–Trinajstić information content (AvgIpc) is 3.27. The summed E-state index contributed by atoms with van der Waals surface area (Å²) >= 11 is 0. The summed E-state index contributed by atoms with van der Waals surface area (Å²) in [6.45, 7) is 2.78. The summed E-state index contributed by atoms with van der Waals surface area (Å²) in [4.78, 5) is 29.7. The zero-order chi connectivity index (χ0) is 24.0. The molecule has 1 saturated heterocycles. The number of aromatic amines is 1. The number of amides is 1. The molecule has 0 unspecified atom stereocenters. The van der Waals surface area contributed by atoms with Gasteiger partial charge in [-0.05, 0) is 41.5 Å². The lowest BCUT2D eigenvalue weighted by Crippen LogP contribution is -2.66. The standard InChI is InChI=1S/C27H27N5O3/c1-35-20-6-7-21-22(10-20)30-25-23(14-33)32(26(34)19-5-3-9-29-12-19)17-27(24(21)25)15-31(16-27)13-18-4-2-8-28-11-18/h2-12,23,30,33H,13-17H2,1H3/t23-/m0/s1. The van der Waals surface area contributed by atoms with Gasteiger partial charge in [0.05, 0.1) is 25.3 Å². The normalized spacial score (nSPS) is 18.9. The number of likely N-dealkylation sites (tertiary alicyclic amines) is 1. The number of nitrogens with zero attached hydrogens (tertiary/aromatic N) is 4. The van der Waals surface area contributed by atoms with Crippen LogP contribution in [0.4, 0.5) is 0 Å². The van der Waals surface area contributed by atoms with Gasteiger partial charge in [-0.15, -0.1) is 0 Å². The van der Waals surface area contributed by atoms with E-state index in [1.165, 1.54) is 11.1 Å². The first-order valence-corrected chi connectivity index (χ1v) is 11.7. The zero-order valence-electron chi connectivity index (χ0n) is 19.5. The molecule has 2 N–H and O–H groups in total. The monoisotopic (exact) mass is 469 g/mol. The summed E-state index contributed by atoms with van der Waals surface area (Å²) in [6.07, 6.45) is 6.93. The van der Waals surface area contributed by atoms with Crippen molar-refractivity contribution < 1.29 is 14.6 Å². The highest BCUT2D eigenvalue weighted by Gasteiger charge is 2.53. The van der Waals surface area contributed by atoms with Crippen LogP contribution in [0.1, 0.15) is 33.2 Å². The van der Waals surface area contributed by atoms with Crippen molar-refractivity contribution in [2.75, 3.05) is 33.4 Å². The van der Waals surface area contributed by atoms with Crippen LogP contribution >= 0.6 is 0 Å². The van der Waals surface area contributed by atoms with Crippen molar-refractivity contribution in [3.05, 3.63) is 89.6 Å². The summed E-state index contributed by atoms with van der Waals surface area (Å²) in [5, 5.41) is 11.6. The van der Waals surface area contributed by atoms with Gasteiger partial charge in [0.15, 0.2) is 0 Å². The van der Waals surface area contributed by atoms with Crippen LogP contribution in [0, 0.1) is 0 Å². The van der Waals surface area contributed by atoms with Gasteiger partial charge in [-0.2, -0.15) is 0 Å². The smallest absolute Gasteiger partial charge is 0.256 e. The number of aromatic nitrogens is 3. The number of H-pyrrole nitrogens is 1. The Labute approximate surface area is 203 Å². The third-order valence-electron chi connectivity index (χ3n) is 7.27. The van der Waals surface area contributed by atoms with Crippen molar-refractivity contribution in [1.29, 1.82) is 0 Å². The van der Waals surface area contributed by atoms with Gasteiger partial charge in [0.1, 0.15) is 5.75 Å². The van der Waals surface area contributed by atoms with Crippen molar-refractivity contribution >= 4 is 16.8 Å². The van der Waals surface area contributed by atoms with Crippen molar-refractivity contribution in [1.82, 2.24) is 24.8 Å². The molecular formula is C27H27N5O3. The molecule has 0 bridgehead atoms. The second kappa shape index (κ2) is 8.48. The molecular weight excluding hydrogens is 442 g/mol. The number of carbonyl (C=O) groups excluding carboxylic acids is 1. The number of fused-ring (bicyclic) bond motifs is 4. The molecule has 8 heteroatoms. The largest absolute Gasteiger partial charge is 0.497 e. The highest BCUT2D eigenvalue weighted by atomic mass is 16.5. The molecule has 0 aliphatic carbocycles. The molecule has 5 heterocycles. The number of benzene rings is 1. The fourth-order valence-corrected chi connectivity index (χ4v) is 5.80. The lowest BCUT2D eigenvalue weighted by atomic mass is 9.68. The molecule has 1 amide bonds. The zero-order valence-corrected chi connectivity index (χ0v) is 19.5. The number of hydrogen-bond acceptors (Lipinski definition) is 6. The molecule has 8 nitrogen and oxygen atoms in total. The van der Waals surface area contributed by atoms with E-state index in [0.717, 1.165) is 42.0 Å². The maximum absolute atomic E-state index is 13.6. The average molecular weight is 470 g/mol. The maximum atomic E-state index is 13.6. The van der Waals surface area contributed by atoms with Crippen LogP contribution in [0.5, 0.6) is 5.75 Å². The van der Waals surface area contributed by atoms with Crippen LogP contribution in [0.3, 0.4) is 0 Å². The van der Waals surface area contributed by atoms with E-state index < -0.39 is 6.04 Å². The molecule has 178 valence electrons. The van der Waals surface area contributed by atoms with Crippen molar-refractivity contribution in [3.8, 4) is 5.75 Å². The first kappa shape index (κ1) is 21.8. The van der Waals surface area contributed by atoms with Gasteiger partial charge in [-0.1, -0.05) is 6.07 Å². The minimum absolute atomic E-state index is 0.121. The Morgan fingerprint density at radius 2 is 1.94 bits per heavy atom. The molecule has 35 heavy (non-hydrogen) atoms. The number of carbonyl (C=O) groups is 1. The number of ether oxygens (including phenoxy) is 1. The van der Waals surface area contributed by atoms with E-state index in [-0.39, 0.29) is 17.9 Å². The molecule has 0 radical (unpaired) electrons. The first-order chi connectivity index (χ1) is 17.1. The van der Waals surface area contributed by atoms with Crippen molar-refractivity contribution in [2.45, 2.75) is 18.0 Å². The minimum Gasteiger partial charge on any atom is -0.497 e. The van der Waals surface area contributed by atoms with Gasteiger partial charge in [0, 0.05) is 79.0 Å². The van der Waals surface area contributed by atoms with Gasteiger partial charge in [0.25, 0.3) is 5.91 Å². The number of methoxy groups -OCH3 is 1. The van der Waals surface area contributed by atoms with Crippen LogP contribution in [0.25, 0.3) is 10.9 Å². The third kappa shape index (κ3) is 3.57. The Hall–Kier alpha value is -3.75. The maximum Gasteiger partial charge on any atom is 0.256 e. The number of pyridine rings is 2. The van der Waals surface area contributed by atoms with Crippen molar-refractivity contribution in [3.63, 3.8) is 0 Å². The fraction of sp³-hybridized carbons (Fsp3) is 0.296. The van der Waals surface area contributed by atoms with Crippen molar-refractivity contribution in [2.24, 2.45) is 0 Å². The summed E-state index contributed by atoms with van der Waals surface area (Å²) in [7, 11) is 1.65. The van der Waals surface area contributed by atoms with Gasteiger partial charge >= 0.3 is 0 Å². The molecule has 1 aromatic carbocycles. The highest BCUT2D eigenvalue weighted by molar-refractivity contribution is 5.95. The van der Waals surface area contributed by atoms with E-state index in [1.54, 1.807) is 37.8 Å². The van der Waals surface area contributed by atoms with E-state index in [9.17, 15) is 9.90 Å². The van der Waals surface area contributed by atoms with Crippen LogP contribution in [0.15, 0.2) is 67.3 Å². The predicted molar refractivity (Wildman–Crippen MR) is 131 cm³/mol. The van der Waals surface area contributed by atoms with E-state index in [1.807, 2.05) is 29.3 Å². The van der Waals surface area contributed by atoms with E-state index in [0.29, 0.717) is 12.1 Å². The quantitative estimate of drug-likeness (QED) is 0.467. The Morgan fingerprint density at radius 1 is 1.14 bits per heavy atom. The Kier molecular flexibility index (Phi) is 5.27. The molecule has 4 aromatic rings. The number of hydrogen-bond donors (Lipinski definition) is 2. The predicted octanol–water partition coefficient (Wildman–Crippen LogP) is 2.91. The first-order valence-electron chi connectivity index (χ1n) is 11.7. The molecule has 1 spiro atoms. The van der Waals surface area contributed by atoms with E-state index >= 15 is 0 Å². The lowest BCUT2D eigenvalue weighted by Gasteiger charge is -2.56. The third-order valence-corrected chi connectivity index (χ3v) is 7.27. The SMILES string of the molecule is COc1ccc2c3c([nH]c2c1)[C@H](CO)N(C(=O)c1cccnc1)CC31CN(Cc2cccnc2)C1. The van der Waals surface area contributed by atoms with Crippen LogP contribution in [0.2, 0.25) is 0 Å². The van der Waals surface area contributed by atoms with Gasteiger partial charge in [-0.25, -0.2) is 0 Å². The number of aliphatic hydroxyl groups is 1. The lowest BCUT2D eigenvalue weighted by molar-refractivity contribution is -0.00407. The van der Waals surface area contributed by atoms with Gasteiger partial charge in [-0.3, -0.25) is 19.7 Å². The Balaban J connectivity index is 1.42. The number of aliphatic hydroxyl groups excluding tert-OH is 1. The molecule has 2 aliphatic rings. The van der Waals surface area contributed by atoms with E-state index in [4.69, 9.17) is 4.74 Å². The molecule has 6 rings (SSSR count). The summed E-state index contributed by atoms with van der Waals surface area (Å²) < 4.78 is 5.45. The van der Waals surface area contributed by atoms with Crippen LogP contribution < -0.4 is 4.74 Å². The van der Waals surface area contributed by atoms with Crippen LogP contribution in [-0.2, 0) is 12.0 Å². The Bertz CT molecular complexity index is 1370. The molecule has 0 saturated carbocycles. The minimum atomic E-state index is -0.464. The molecule has 3 aromatic heterocycles. The highest BCUT2D eigenvalue weighted by Crippen LogP contribution is 2.49. The second-order valence-corrected chi connectivity index (χ2v) is 9.49. The molecule has 1 atom stereocenters. The second-order valence-electron chi connectivity index (χ2n) is 9.49. The molecule has 1 fully saturated rings.